The highest BCUT2D eigenvalue weighted by Gasteiger charge is 2.15. The number of nitrogens with two attached hydrogens (primary N) is 1. The molecular formula is C13H20N2O2. The van der Waals surface area contributed by atoms with Crippen LogP contribution in [0, 0.1) is 12.8 Å². The first-order valence-electron chi connectivity index (χ1n) is 5.76. The van der Waals surface area contributed by atoms with Crippen molar-refractivity contribution in [1.82, 2.24) is 5.32 Å². The quantitative estimate of drug-likeness (QED) is 0.740. The Bertz CT molecular complexity index is 404. The van der Waals surface area contributed by atoms with Crippen LogP contribution in [0.5, 0.6) is 5.75 Å². The molecule has 4 nitrogen and oxygen atoms in total. The molecule has 2 unspecified atom stereocenters. The number of hydrogen-bond acceptors (Lipinski definition) is 3. The molecular weight excluding hydrogens is 216 g/mol. The van der Waals surface area contributed by atoms with Gasteiger partial charge in [-0.25, -0.2) is 0 Å². The van der Waals surface area contributed by atoms with Crippen LogP contribution in [0.25, 0.3) is 0 Å². The van der Waals surface area contributed by atoms with E-state index in [9.17, 15) is 9.90 Å². The zero-order valence-corrected chi connectivity index (χ0v) is 10.5. The summed E-state index contributed by atoms with van der Waals surface area (Å²) < 4.78 is 0. The molecule has 2 atom stereocenters. The van der Waals surface area contributed by atoms with Crippen molar-refractivity contribution in [2.24, 2.45) is 11.7 Å². The highest BCUT2D eigenvalue weighted by atomic mass is 16.3. The van der Waals surface area contributed by atoms with E-state index in [1.807, 2.05) is 13.8 Å². The average Bonchev–Trinajstić information content (AvgIpc) is 2.27. The van der Waals surface area contributed by atoms with Gasteiger partial charge in [0, 0.05) is 11.6 Å². The van der Waals surface area contributed by atoms with E-state index in [0.29, 0.717) is 12.1 Å². The normalized spacial score (nSPS) is 14.1. The van der Waals surface area contributed by atoms with Crippen LogP contribution in [0.4, 0.5) is 0 Å². The van der Waals surface area contributed by atoms with E-state index >= 15 is 0 Å². The van der Waals surface area contributed by atoms with Crippen molar-refractivity contribution >= 4 is 5.91 Å². The van der Waals surface area contributed by atoms with Crippen molar-refractivity contribution in [3.63, 3.8) is 0 Å². The topological polar surface area (TPSA) is 75.3 Å². The molecule has 1 aromatic carbocycles. The number of nitrogens with one attached hydrogen (secondary N) is 1. The van der Waals surface area contributed by atoms with E-state index in [2.05, 4.69) is 5.32 Å². The second-order valence-electron chi connectivity index (χ2n) is 4.47. The summed E-state index contributed by atoms with van der Waals surface area (Å²) in [6.07, 6.45) is 0. The Balaban J connectivity index is 2.76. The van der Waals surface area contributed by atoms with Gasteiger partial charge in [0.1, 0.15) is 5.75 Å². The molecule has 1 rings (SSSR count). The number of phenols is 1. The maximum Gasteiger partial charge on any atom is 0.251 e. The SMILES string of the molecule is Cc1cc(O)ccc1C(=O)NC(C)C(C)CN. The van der Waals surface area contributed by atoms with Gasteiger partial charge in [-0.3, -0.25) is 4.79 Å². The first kappa shape index (κ1) is 13.5. The summed E-state index contributed by atoms with van der Waals surface area (Å²) >= 11 is 0. The van der Waals surface area contributed by atoms with E-state index in [0.717, 1.165) is 5.56 Å². The molecule has 4 heteroatoms. The van der Waals surface area contributed by atoms with Gasteiger partial charge in [0.05, 0.1) is 0 Å². The molecule has 4 N–H and O–H groups in total. The van der Waals surface area contributed by atoms with Crippen LogP contribution in [-0.4, -0.2) is 23.6 Å². The number of aromatic hydroxyl groups is 1. The predicted molar refractivity (Wildman–Crippen MR) is 68.0 cm³/mol. The van der Waals surface area contributed by atoms with Crippen molar-refractivity contribution in [2.45, 2.75) is 26.8 Å². The standard InChI is InChI=1S/C13H20N2O2/c1-8-6-11(16)4-5-12(8)13(17)15-10(3)9(2)7-14/h4-6,9-10,16H,7,14H2,1-3H3,(H,15,17). The fourth-order valence-corrected chi connectivity index (χ4v) is 1.53. The summed E-state index contributed by atoms with van der Waals surface area (Å²) in [4.78, 5) is 12.0. The van der Waals surface area contributed by atoms with Crippen molar-refractivity contribution < 1.29 is 9.90 Å². The number of rotatable bonds is 4. The van der Waals surface area contributed by atoms with Gasteiger partial charge in [0.2, 0.25) is 0 Å². The largest absolute Gasteiger partial charge is 0.508 e. The molecule has 1 aromatic rings. The van der Waals surface area contributed by atoms with Gasteiger partial charge in [-0.2, -0.15) is 0 Å². The van der Waals surface area contributed by atoms with Crippen LogP contribution in [0.15, 0.2) is 18.2 Å². The van der Waals surface area contributed by atoms with E-state index in [-0.39, 0.29) is 23.6 Å². The fourth-order valence-electron chi connectivity index (χ4n) is 1.53. The zero-order chi connectivity index (χ0) is 13.0. The predicted octanol–water partition coefficient (Wildman–Crippen LogP) is 1.41. The first-order valence-corrected chi connectivity index (χ1v) is 5.76. The minimum absolute atomic E-state index is 0.0284. The summed E-state index contributed by atoms with van der Waals surface area (Å²) in [7, 11) is 0. The Morgan fingerprint density at radius 1 is 1.47 bits per heavy atom. The third-order valence-corrected chi connectivity index (χ3v) is 3.04. The third kappa shape index (κ3) is 3.46. The van der Waals surface area contributed by atoms with Crippen LogP contribution >= 0.6 is 0 Å². The van der Waals surface area contributed by atoms with E-state index in [4.69, 9.17) is 5.73 Å². The van der Waals surface area contributed by atoms with Gasteiger partial charge in [0.15, 0.2) is 0 Å². The summed E-state index contributed by atoms with van der Waals surface area (Å²) in [6, 6.07) is 4.74. The number of aryl methyl sites for hydroxylation is 1. The average molecular weight is 236 g/mol. The molecule has 0 radical (unpaired) electrons. The Morgan fingerprint density at radius 3 is 2.65 bits per heavy atom. The molecule has 17 heavy (non-hydrogen) atoms. The van der Waals surface area contributed by atoms with Crippen molar-refractivity contribution in [3.8, 4) is 5.75 Å². The van der Waals surface area contributed by atoms with Crippen LogP contribution in [0.2, 0.25) is 0 Å². The van der Waals surface area contributed by atoms with Gasteiger partial charge in [-0.1, -0.05) is 6.92 Å². The molecule has 0 saturated carbocycles. The smallest absolute Gasteiger partial charge is 0.251 e. The first-order chi connectivity index (χ1) is 7.95. The summed E-state index contributed by atoms with van der Waals surface area (Å²) in [6.45, 7) is 6.27. The number of hydrogen-bond donors (Lipinski definition) is 3. The lowest BCUT2D eigenvalue weighted by Gasteiger charge is -2.20. The molecule has 0 saturated heterocycles. The Kier molecular flexibility index (Phi) is 4.52. The van der Waals surface area contributed by atoms with E-state index in [1.54, 1.807) is 19.1 Å². The molecule has 94 valence electrons. The van der Waals surface area contributed by atoms with Gasteiger partial charge in [-0.05, 0) is 50.1 Å². The van der Waals surface area contributed by atoms with Crippen LogP contribution < -0.4 is 11.1 Å². The Morgan fingerprint density at radius 2 is 2.12 bits per heavy atom. The van der Waals surface area contributed by atoms with Gasteiger partial charge < -0.3 is 16.2 Å². The Hall–Kier alpha value is -1.55. The third-order valence-electron chi connectivity index (χ3n) is 3.04. The summed E-state index contributed by atoms with van der Waals surface area (Å²) in [5.74, 6) is 0.272. The van der Waals surface area contributed by atoms with Crippen LogP contribution in [0.1, 0.15) is 29.8 Å². The van der Waals surface area contributed by atoms with Crippen molar-refractivity contribution in [1.29, 1.82) is 0 Å². The molecule has 0 fully saturated rings. The van der Waals surface area contributed by atoms with Crippen LogP contribution in [-0.2, 0) is 0 Å². The molecule has 0 bridgehead atoms. The number of amides is 1. The minimum Gasteiger partial charge on any atom is -0.508 e. The molecule has 0 heterocycles. The Labute approximate surface area is 102 Å². The van der Waals surface area contributed by atoms with Crippen LogP contribution in [0.3, 0.4) is 0 Å². The lowest BCUT2D eigenvalue weighted by molar-refractivity contribution is 0.0929. The second kappa shape index (κ2) is 5.68. The molecule has 0 aliphatic carbocycles. The second-order valence-corrected chi connectivity index (χ2v) is 4.47. The maximum absolute atomic E-state index is 12.0. The zero-order valence-electron chi connectivity index (χ0n) is 10.5. The molecule has 0 aliphatic heterocycles. The molecule has 0 spiro atoms. The van der Waals surface area contributed by atoms with Gasteiger partial charge in [0.25, 0.3) is 5.91 Å². The van der Waals surface area contributed by atoms with Gasteiger partial charge in [-0.15, -0.1) is 0 Å². The number of phenolic OH excluding ortho intramolecular Hbond substituents is 1. The lowest BCUT2D eigenvalue weighted by atomic mass is 10.0. The lowest BCUT2D eigenvalue weighted by Crippen LogP contribution is -2.39. The fraction of sp³-hybridized carbons (Fsp3) is 0.462. The highest BCUT2D eigenvalue weighted by molar-refractivity contribution is 5.95. The number of benzene rings is 1. The highest BCUT2D eigenvalue weighted by Crippen LogP contribution is 2.16. The molecule has 0 aliphatic rings. The maximum atomic E-state index is 12.0. The van der Waals surface area contributed by atoms with E-state index in [1.165, 1.54) is 6.07 Å². The molecule has 0 aromatic heterocycles. The minimum atomic E-state index is -0.129. The van der Waals surface area contributed by atoms with Crippen molar-refractivity contribution in [3.05, 3.63) is 29.3 Å². The monoisotopic (exact) mass is 236 g/mol. The summed E-state index contributed by atoms with van der Waals surface area (Å²) in [5, 5.41) is 12.2. The number of carbonyl (C=O) groups is 1. The van der Waals surface area contributed by atoms with E-state index < -0.39 is 0 Å². The number of carbonyl (C=O) groups excluding carboxylic acids is 1. The summed E-state index contributed by atoms with van der Waals surface area (Å²) in [5.41, 5.74) is 6.89. The van der Waals surface area contributed by atoms with Gasteiger partial charge >= 0.3 is 0 Å². The van der Waals surface area contributed by atoms with Crippen molar-refractivity contribution in [2.75, 3.05) is 6.54 Å². The molecule has 1 amide bonds.